The number of hydrogen-bond acceptors (Lipinski definition) is 3. The highest BCUT2D eigenvalue weighted by Crippen LogP contribution is 2.28. The monoisotopic (exact) mass is 290 g/mol. The number of nitrogens with zero attached hydrogens (tertiary/aromatic N) is 1. The van der Waals surface area contributed by atoms with E-state index in [-0.39, 0.29) is 12.1 Å². The Morgan fingerprint density at radius 1 is 1.33 bits per heavy atom. The van der Waals surface area contributed by atoms with Crippen LogP contribution >= 0.6 is 23.2 Å². The minimum Gasteiger partial charge on any atom is -0.383 e. The molecule has 0 aliphatic rings. The molecule has 0 aliphatic heterocycles. The summed E-state index contributed by atoms with van der Waals surface area (Å²) in [7, 11) is 3.73. The third-order valence-corrected chi connectivity index (χ3v) is 3.89. The van der Waals surface area contributed by atoms with Gasteiger partial charge in [-0.1, -0.05) is 29.3 Å². The minimum atomic E-state index is 0.102. The van der Waals surface area contributed by atoms with E-state index in [0.29, 0.717) is 23.2 Å². The van der Waals surface area contributed by atoms with Gasteiger partial charge in [-0.2, -0.15) is 0 Å². The predicted molar refractivity (Wildman–Crippen MR) is 77.4 cm³/mol. The summed E-state index contributed by atoms with van der Waals surface area (Å²) < 4.78 is 5.17. The fraction of sp³-hybridized carbons (Fsp3) is 0.538. The molecule has 3 nitrogen and oxygen atoms in total. The zero-order valence-corrected chi connectivity index (χ0v) is 12.5. The number of likely N-dealkylation sites (N-methyl/N-ethyl adjacent to an activating group) is 1. The smallest absolute Gasteiger partial charge is 0.0615 e. The van der Waals surface area contributed by atoms with Crippen molar-refractivity contribution in [3.8, 4) is 0 Å². The van der Waals surface area contributed by atoms with Gasteiger partial charge in [0.15, 0.2) is 0 Å². The van der Waals surface area contributed by atoms with Gasteiger partial charge in [-0.3, -0.25) is 4.90 Å². The van der Waals surface area contributed by atoms with Crippen molar-refractivity contribution in [2.24, 2.45) is 5.73 Å². The van der Waals surface area contributed by atoms with E-state index in [2.05, 4.69) is 11.8 Å². The molecule has 0 fully saturated rings. The van der Waals surface area contributed by atoms with Crippen LogP contribution in [0.3, 0.4) is 0 Å². The van der Waals surface area contributed by atoms with E-state index in [0.717, 1.165) is 5.56 Å². The number of hydrogen-bond donors (Lipinski definition) is 1. The average molecular weight is 291 g/mol. The number of halogens is 2. The lowest BCUT2D eigenvalue weighted by molar-refractivity contribution is 0.0910. The van der Waals surface area contributed by atoms with Crippen LogP contribution in [0.5, 0.6) is 0 Å². The second-order valence-corrected chi connectivity index (χ2v) is 5.21. The largest absolute Gasteiger partial charge is 0.383 e. The van der Waals surface area contributed by atoms with Crippen LogP contribution in [0.1, 0.15) is 18.5 Å². The van der Waals surface area contributed by atoms with Crippen LogP contribution < -0.4 is 5.73 Å². The highest BCUT2D eigenvalue weighted by atomic mass is 35.5. The van der Waals surface area contributed by atoms with Gasteiger partial charge in [-0.15, -0.1) is 0 Å². The maximum atomic E-state index is 6.04. The molecule has 18 heavy (non-hydrogen) atoms. The van der Waals surface area contributed by atoms with E-state index in [4.69, 9.17) is 33.7 Å². The highest BCUT2D eigenvalue weighted by molar-refractivity contribution is 6.42. The molecule has 2 unspecified atom stereocenters. The Morgan fingerprint density at radius 2 is 2.00 bits per heavy atom. The first-order chi connectivity index (χ1) is 8.51. The maximum absolute atomic E-state index is 6.04. The van der Waals surface area contributed by atoms with E-state index >= 15 is 0 Å². The fourth-order valence-electron chi connectivity index (χ4n) is 1.92. The van der Waals surface area contributed by atoms with Gasteiger partial charge in [0.05, 0.1) is 16.7 Å². The van der Waals surface area contributed by atoms with Crippen molar-refractivity contribution in [3.63, 3.8) is 0 Å². The standard InChI is InChI=1S/C13H20Cl2N2O/c1-9(8-18-3)17(2)13(7-16)10-4-5-11(14)12(15)6-10/h4-6,9,13H,7-8,16H2,1-3H3. The molecule has 1 rings (SSSR count). The van der Waals surface area contributed by atoms with Gasteiger partial charge < -0.3 is 10.5 Å². The molecular weight excluding hydrogens is 271 g/mol. The third kappa shape index (κ3) is 3.84. The minimum absolute atomic E-state index is 0.102. The van der Waals surface area contributed by atoms with Crippen molar-refractivity contribution in [2.75, 3.05) is 27.3 Å². The van der Waals surface area contributed by atoms with Crippen molar-refractivity contribution >= 4 is 23.2 Å². The summed E-state index contributed by atoms with van der Waals surface area (Å²) in [5.41, 5.74) is 6.94. The quantitative estimate of drug-likeness (QED) is 0.875. The van der Waals surface area contributed by atoms with Crippen molar-refractivity contribution in [2.45, 2.75) is 19.0 Å². The second kappa shape index (κ2) is 7.31. The third-order valence-electron chi connectivity index (χ3n) is 3.15. The van der Waals surface area contributed by atoms with Crippen molar-refractivity contribution in [1.29, 1.82) is 0 Å². The van der Waals surface area contributed by atoms with Gasteiger partial charge >= 0.3 is 0 Å². The van der Waals surface area contributed by atoms with Gasteiger partial charge in [0, 0.05) is 25.7 Å². The predicted octanol–water partition coefficient (Wildman–Crippen LogP) is 2.96. The molecule has 0 saturated carbocycles. The van der Waals surface area contributed by atoms with Crippen LogP contribution in [0.4, 0.5) is 0 Å². The molecule has 0 spiro atoms. The van der Waals surface area contributed by atoms with Gasteiger partial charge in [0.25, 0.3) is 0 Å². The molecule has 0 radical (unpaired) electrons. The molecule has 2 atom stereocenters. The molecule has 0 heterocycles. The van der Waals surface area contributed by atoms with Crippen molar-refractivity contribution < 1.29 is 4.74 Å². The number of ether oxygens (including phenoxy) is 1. The van der Waals surface area contributed by atoms with Crippen LogP contribution in [0.25, 0.3) is 0 Å². The van der Waals surface area contributed by atoms with Crippen LogP contribution in [0, 0.1) is 0 Å². The van der Waals surface area contributed by atoms with Crippen LogP contribution in [-0.2, 0) is 4.74 Å². The molecule has 2 N–H and O–H groups in total. The summed E-state index contributed by atoms with van der Waals surface area (Å²) >= 11 is 12.0. The number of rotatable bonds is 6. The summed E-state index contributed by atoms with van der Waals surface area (Å²) in [5, 5.41) is 1.11. The summed E-state index contributed by atoms with van der Waals surface area (Å²) in [6.07, 6.45) is 0. The Morgan fingerprint density at radius 3 is 2.50 bits per heavy atom. The molecule has 1 aromatic rings. The maximum Gasteiger partial charge on any atom is 0.0615 e. The van der Waals surface area contributed by atoms with Crippen LogP contribution in [0.15, 0.2) is 18.2 Å². The fourth-order valence-corrected chi connectivity index (χ4v) is 2.23. The van der Waals surface area contributed by atoms with Gasteiger partial charge in [-0.25, -0.2) is 0 Å². The molecular formula is C13H20Cl2N2O. The highest BCUT2D eigenvalue weighted by Gasteiger charge is 2.20. The van der Waals surface area contributed by atoms with Crippen LogP contribution in [0.2, 0.25) is 10.0 Å². The first-order valence-electron chi connectivity index (χ1n) is 5.87. The molecule has 0 aliphatic carbocycles. The Bertz CT molecular complexity index is 387. The van der Waals surface area contributed by atoms with Crippen molar-refractivity contribution in [1.82, 2.24) is 4.90 Å². The Labute approximate surface area is 119 Å². The Hall–Kier alpha value is -0.320. The molecule has 1 aromatic carbocycles. The number of benzene rings is 1. The topological polar surface area (TPSA) is 38.5 Å². The van der Waals surface area contributed by atoms with E-state index < -0.39 is 0 Å². The van der Waals surface area contributed by atoms with E-state index in [1.807, 2.05) is 19.2 Å². The van der Waals surface area contributed by atoms with Crippen molar-refractivity contribution in [3.05, 3.63) is 33.8 Å². The van der Waals surface area contributed by atoms with Gasteiger partial charge in [0.2, 0.25) is 0 Å². The van der Waals surface area contributed by atoms with Crippen LogP contribution in [-0.4, -0.2) is 38.3 Å². The van der Waals surface area contributed by atoms with E-state index in [1.54, 1.807) is 13.2 Å². The number of nitrogens with two attached hydrogens (primary N) is 1. The van der Waals surface area contributed by atoms with Gasteiger partial charge in [0.1, 0.15) is 0 Å². The molecule has 0 saturated heterocycles. The lowest BCUT2D eigenvalue weighted by Gasteiger charge is -2.32. The summed E-state index contributed by atoms with van der Waals surface area (Å²) in [6, 6.07) is 6.01. The van der Waals surface area contributed by atoms with Gasteiger partial charge in [-0.05, 0) is 31.7 Å². The zero-order valence-electron chi connectivity index (χ0n) is 11.0. The average Bonchev–Trinajstić information content (AvgIpc) is 2.34. The summed E-state index contributed by atoms with van der Waals surface area (Å²) in [6.45, 7) is 3.28. The molecule has 5 heteroatoms. The second-order valence-electron chi connectivity index (χ2n) is 4.39. The molecule has 0 bridgehead atoms. The zero-order chi connectivity index (χ0) is 13.7. The summed E-state index contributed by atoms with van der Waals surface area (Å²) in [5.74, 6) is 0. The lowest BCUT2D eigenvalue weighted by atomic mass is 10.0. The molecule has 102 valence electrons. The lowest BCUT2D eigenvalue weighted by Crippen LogP contribution is -2.39. The number of methoxy groups -OCH3 is 1. The van der Waals surface area contributed by atoms with E-state index in [1.165, 1.54) is 0 Å². The first-order valence-corrected chi connectivity index (χ1v) is 6.62. The molecule has 0 amide bonds. The normalized spacial score (nSPS) is 14.8. The SMILES string of the molecule is COCC(C)N(C)C(CN)c1ccc(Cl)c(Cl)c1. The van der Waals surface area contributed by atoms with E-state index in [9.17, 15) is 0 Å². The molecule has 0 aromatic heterocycles. The Kier molecular flexibility index (Phi) is 6.39. The first kappa shape index (κ1) is 15.7. The summed E-state index contributed by atoms with van der Waals surface area (Å²) in [4.78, 5) is 2.18. The Balaban J connectivity index is 2.91.